The van der Waals surface area contributed by atoms with E-state index in [4.69, 9.17) is 10.8 Å². The van der Waals surface area contributed by atoms with Gasteiger partial charge in [0, 0.05) is 0 Å². The number of benzene rings is 1. The summed E-state index contributed by atoms with van der Waals surface area (Å²) >= 11 is 0. The highest BCUT2D eigenvalue weighted by Crippen LogP contribution is 2.33. The lowest BCUT2D eigenvalue weighted by atomic mass is 9.81. The summed E-state index contributed by atoms with van der Waals surface area (Å²) in [6.45, 7) is 3.22. The summed E-state index contributed by atoms with van der Waals surface area (Å²) in [4.78, 5) is 10.8. The maximum atomic E-state index is 13.8. The third-order valence-electron chi connectivity index (χ3n) is 3.73. The van der Waals surface area contributed by atoms with Gasteiger partial charge in [0.15, 0.2) is 23.3 Å². The zero-order valence-corrected chi connectivity index (χ0v) is 11.7. The van der Waals surface area contributed by atoms with Crippen LogP contribution in [0, 0.1) is 29.2 Å². The molecule has 0 fully saturated rings. The molecule has 0 heterocycles. The van der Waals surface area contributed by atoms with Crippen LogP contribution in [-0.2, 0) is 4.79 Å². The molecule has 0 saturated heterocycles. The van der Waals surface area contributed by atoms with Gasteiger partial charge in [-0.25, -0.2) is 17.6 Å². The number of carboxylic acids is 1. The van der Waals surface area contributed by atoms with Crippen molar-refractivity contribution in [2.75, 3.05) is 0 Å². The highest BCUT2D eigenvalue weighted by Gasteiger charge is 2.28. The van der Waals surface area contributed by atoms with Crippen LogP contribution in [0.5, 0.6) is 0 Å². The molecule has 1 aromatic rings. The topological polar surface area (TPSA) is 63.3 Å². The molecule has 1 aromatic carbocycles. The number of aliphatic carboxylic acids is 1. The van der Waals surface area contributed by atoms with Gasteiger partial charge in [-0.3, -0.25) is 4.79 Å². The molecule has 0 saturated carbocycles. The monoisotopic (exact) mass is 307 g/mol. The van der Waals surface area contributed by atoms with Crippen LogP contribution < -0.4 is 5.73 Å². The molecule has 3 atom stereocenters. The van der Waals surface area contributed by atoms with Gasteiger partial charge in [-0.15, -0.1) is 0 Å². The molecule has 3 unspecified atom stereocenters. The van der Waals surface area contributed by atoms with Crippen LogP contribution >= 0.6 is 0 Å². The lowest BCUT2D eigenvalue weighted by Gasteiger charge is -2.25. The van der Waals surface area contributed by atoms with Crippen molar-refractivity contribution in [3.05, 3.63) is 34.9 Å². The van der Waals surface area contributed by atoms with Crippen molar-refractivity contribution < 1.29 is 27.5 Å². The van der Waals surface area contributed by atoms with Gasteiger partial charge in [0.1, 0.15) is 6.04 Å². The van der Waals surface area contributed by atoms with Crippen LogP contribution in [-0.4, -0.2) is 17.1 Å². The highest BCUT2D eigenvalue weighted by molar-refractivity contribution is 5.73. The number of carboxylic acid groups (broad SMARTS) is 1. The molecular formula is C14H17F4NO2. The van der Waals surface area contributed by atoms with E-state index in [1.54, 1.807) is 6.92 Å². The Morgan fingerprint density at radius 1 is 1.24 bits per heavy atom. The first kappa shape index (κ1) is 17.4. The zero-order chi connectivity index (χ0) is 16.3. The number of hydrogen-bond acceptors (Lipinski definition) is 2. The van der Waals surface area contributed by atoms with Gasteiger partial charge in [0.25, 0.3) is 0 Å². The molecular weight excluding hydrogens is 290 g/mol. The molecule has 0 aliphatic heterocycles. The maximum absolute atomic E-state index is 13.8. The Labute approximate surface area is 119 Å². The average molecular weight is 307 g/mol. The first-order valence-electron chi connectivity index (χ1n) is 6.51. The second kappa shape index (κ2) is 6.89. The Morgan fingerprint density at radius 3 is 2.29 bits per heavy atom. The molecule has 0 aliphatic carbocycles. The summed E-state index contributed by atoms with van der Waals surface area (Å²) in [6.07, 6.45) is 0.454. The van der Waals surface area contributed by atoms with Crippen LogP contribution in [0.4, 0.5) is 17.6 Å². The minimum absolute atomic E-state index is 0.0209. The van der Waals surface area contributed by atoms with Crippen molar-refractivity contribution in [1.29, 1.82) is 0 Å². The van der Waals surface area contributed by atoms with E-state index in [0.717, 1.165) is 0 Å². The fourth-order valence-electron chi connectivity index (χ4n) is 2.33. The molecule has 118 valence electrons. The van der Waals surface area contributed by atoms with Crippen LogP contribution in [0.3, 0.4) is 0 Å². The lowest BCUT2D eigenvalue weighted by Crippen LogP contribution is -2.33. The molecule has 0 radical (unpaired) electrons. The first-order valence-corrected chi connectivity index (χ1v) is 6.51. The van der Waals surface area contributed by atoms with Gasteiger partial charge in [-0.1, -0.05) is 20.3 Å². The third-order valence-corrected chi connectivity index (χ3v) is 3.73. The molecule has 0 aromatic heterocycles. The predicted octanol–water partition coefficient (Wildman–Crippen LogP) is 3.17. The van der Waals surface area contributed by atoms with Crippen molar-refractivity contribution in [3.8, 4) is 0 Å². The summed E-state index contributed by atoms with van der Waals surface area (Å²) in [5.74, 6) is -8.98. The Balaban J connectivity index is 3.11. The number of nitrogens with two attached hydrogens (primary N) is 1. The third kappa shape index (κ3) is 3.72. The molecule has 0 bridgehead atoms. The van der Waals surface area contributed by atoms with Gasteiger partial charge in [0.2, 0.25) is 0 Å². The van der Waals surface area contributed by atoms with E-state index in [-0.39, 0.29) is 12.0 Å². The number of hydrogen-bond donors (Lipinski definition) is 2. The molecule has 21 heavy (non-hydrogen) atoms. The van der Waals surface area contributed by atoms with E-state index >= 15 is 0 Å². The number of halogens is 4. The Hall–Kier alpha value is -1.63. The van der Waals surface area contributed by atoms with Gasteiger partial charge < -0.3 is 10.8 Å². The minimum Gasteiger partial charge on any atom is -0.480 e. The number of rotatable bonds is 6. The second-order valence-corrected chi connectivity index (χ2v) is 5.03. The Bertz CT molecular complexity index is 536. The summed E-state index contributed by atoms with van der Waals surface area (Å²) < 4.78 is 53.2. The van der Waals surface area contributed by atoms with Crippen molar-refractivity contribution >= 4 is 5.97 Å². The molecule has 1 rings (SSSR count). The quantitative estimate of drug-likeness (QED) is 0.482. The summed E-state index contributed by atoms with van der Waals surface area (Å²) in [6, 6.07) is -0.552. The maximum Gasteiger partial charge on any atom is 0.320 e. The van der Waals surface area contributed by atoms with Crippen molar-refractivity contribution in [1.82, 2.24) is 0 Å². The zero-order valence-electron chi connectivity index (χ0n) is 11.7. The van der Waals surface area contributed by atoms with Crippen LogP contribution in [0.1, 0.15) is 38.2 Å². The van der Waals surface area contributed by atoms with E-state index in [2.05, 4.69) is 0 Å². The summed E-state index contributed by atoms with van der Waals surface area (Å²) in [5.41, 5.74) is 5.11. The lowest BCUT2D eigenvalue weighted by molar-refractivity contribution is -0.139. The van der Waals surface area contributed by atoms with Gasteiger partial charge in [0.05, 0.1) is 0 Å². The highest BCUT2D eigenvalue weighted by atomic mass is 19.2. The smallest absolute Gasteiger partial charge is 0.320 e. The van der Waals surface area contributed by atoms with Gasteiger partial charge in [-0.05, 0) is 29.9 Å². The van der Waals surface area contributed by atoms with E-state index in [9.17, 15) is 22.4 Å². The SMILES string of the molecule is CCC(CC(N)C(=O)O)C(C)c1cc(F)c(F)c(F)c1F. The van der Waals surface area contributed by atoms with Crippen molar-refractivity contribution in [3.63, 3.8) is 0 Å². The Kier molecular flexibility index (Phi) is 5.71. The normalized spacial score (nSPS) is 15.6. The van der Waals surface area contributed by atoms with E-state index in [1.165, 1.54) is 6.92 Å². The molecule has 3 N–H and O–H groups in total. The predicted molar refractivity (Wildman–Crippen MR) is 68.7 cm³/mol. The van der Waals surface area contributed by atoms with Gasteiger partial charge >= 0.3 is 5.97 Å². The van der Waals surface area contributed by atoms with Crippen LogP contribution in [0.25, 0.3) is 0 Å². The second-order valence-electron chi connectivity index (χ2n) is 5.03. The summed E-state index contributed by atoms with van der Waals surface area (Å²) in [5, 5.41) is 8.79. The minimum atomic E-state index is -1.87. The van der Waals surface area contributed by atoms with E-state index in [0.29, 0.717) is 12.5 Å². The van der Waals surface area contributed by atoms with Crippen molar-refractivity contribution in [2.45, 2.75) is 38.6 Å². The molecule has 3 nitrogen and oxygen atoms in total. The van der Waals surface area contributed by atoms with E-state index in [1.807, 2.05) is 0 Å². The van der Waals surface area contributed by atoms with Crippen LogP contribution in [0.2, 0.25) is 0 Å². The average Bonchev–Trinajstić information content (AvgIpc) is 2.45. The molecule has 0 aliphatic rings. The molecule has 0 spiro atoms. The van der Waals surface area contributed by atoms with Crippen molar-refractivity contribution in [2.24, 2.45) is 11.7 Å². The standard InChI is InChI=1S/C14H17F4NO2/c1-3-7(4-10(19)14(20)21)6(2)8-5-9(15)12(17)13(18)11(8)16/h5-7,10H,3-4,19H2,1-2H3,(H,20,21). The van der Waals surface area contributed by atoms with Gasteiger partial charge in [-0.2, -0.15) is 0 Å². The fraction of sp³-hybridized carbons (Fsp3) is 0.500. The Morgan fingerprint density at radius 2 is 1.81 bits per heavy atom. The first-order chi connectivity index (χ1) is 9.70. The number of carbonyl (C=O) groups is 1. The van der Waals surface area contributed by atoms with E-state index < -0.39 is 47.1 Å². The molecule has 7 heteroatoms. The molecule has 0 amide bonds. The fourth-order valence-corrected chi connectivity index (χ4v) is 2.33. The summed E-state index contributed by atoms with van der Waals surface area (Å²) in [7, 11) is 0. The van der Waals surface area contributed by atoms with Crippen LogP contribution in [0.15, 0.2) is 6.07 Å². The largest absolute Gasteiger partial charge is 0.480 e.